The molecule has 0 aromatic carbocycles. The molecule has 1 aromatic rings. The molecule has 23 heavy (non-hydrogen) atoms. The fourth-order valence-electron chi connectivity index (χ4n) is 2.78. The zero-order valence-corrected chi connectivity index (χ0v) is 12.4. The SMILES string of the molecule is O=C(C1CN(c2nccc(C(F)(F)F)n2)CCO1)N1CCCC1. The van der Waals surface area contributed by atoms with E-state index in [2.05, 4.69) is 9.97 Å². The van der Waals surface area contributed by atoms with Gasteiger partial charge in [0, 0.05) is 25.8 Å². The molecule has 2 fully saturated rings. The summed E-state index contributed by atoms with van der Waals surface area (Å²) in [5.41, 5.74) is -0.989. The van der Waals surface area contributed by atoms with Gasteiger partial charge < -0.3 is 14.5 Å². The molecule has 3 rings (SSSR count). The number of halogens is 3. The zero-order chi connectivity index (χ0) is 16.4. The molecule has 0 aliphatic carbocycles. The molecule has 1 amide bonds. The third kappa shape index (κ3) is 3.54. The summed E-state index contributed by atoms with van der Waals surface area (Å²) in [7, 11) is 0. The van der Waals surface area contributed by atoms with Gasteiger partial charge in [-0.25, -0.2) is 9.97 Å². The van der Waals surface area contributed by atoms with Crippen molar-refractivity contribution in [3.05, 3.63) is 18.0 Å². The topological polar surface area (TPSA) is 58.6 Å². The minimum Gasteiger partial charge on any atom is -0.365 e. The molecule has 0 N–H and O–H groups in total. The highest BCUT2D eigenvalue weighted by molar-refractivity contribution is 5.82. The Bertz CT molecular complexity index is 575. The normalized spacial score (nSPS) is 22.5. The van der Waals surface area contributed by atoms with Crippen molar-refractivity contribution in [3.8, 4) is 0 Å². The number of likely N-dealkylation sites (tertiary alicyclic amines) is 1. The third-order valence-electron chi connectivity index (χ3n) is 3.98. The lowest BCUT2D eigenvalue weighted by Gasteiger charge is -2.34. The van der Waals surface area contributed by atoms with Gasteiger partial charge in [0.15, 0.2) is 6.10 Å². The van der Waals surface area contributed by atoms with Crippen LogP contribution >= 0.6 is 0 Å². The summed E-state index contributed by atoms with van der Waals surface area (Å²) in [6.07, 6.45) is -2.18. The lowest BCUT2D eigenvalue weighted by molar-refractivity contribution is -0.143. The number of hydrogen-bond donors (Lipinski definition) is 0. The molecule has 126 valence electrons. The van der Waals surface area contributed by atoms with Crippen LogP contribution in [0.25, 0.3) is 0 Å². The van der Waals surface area contributed by atoms with Crippen LogP contribution in [0.4, 0.5) is 19.1 Å². The van der Waals surface area contributed by atoms with E-state index < -0.39 is 18.0 Å². The van der Waals surface area contributed by atoms with Crippen LogP contribution in [0.2, 0.25) is 0 Å². The van der Waals surface area contributed by atoms with Gasteiger partial charge in [-0.1, -0.05) is 0 Å². The van der Waals surface area contributed by atoms with E-state index in [0.717, 1.165) is 25.1 Å². The second-order valence-electron chi connectivity index (χ2n) is 5.58. The minimum absolute atomic E-state index is 0.0256. The van der Waals surface area contributed by atoms with E-state index in [9.17, 15) is 18.0 Å². The maximum Gasteiger partial charge on any atom is 0.433 e. The standard InChI is InChI=1S/C14H17F3N4O2/c15-14(16,17)11-3-4-18-13(19-11)21-7-8-23-10(9-21)12(22)20-5-1-2-6-20/h3-4,10H,1-2,5-9H2. The fraction of sp³-hybridized carbons (Fsp3) is 0.643. The molecule has 2 aliphatic heterocycles. The van der Waals surface area contributed by atoms with E-state index in [-0.39, 0.29) is 25.0 Å². The first kappa shape index (κ1) is 16.0. The third-order valence-corrected chi connectivity index (χ3v) is 3.98. The summed E-state index contributed by atoms with van der Waals surface area (Å²) in [6, 6.07) is 0.830. The molecule has 0 spiro atoms. The average molecular weight is 330 g/mol. The molecule has 0 saturated carbocycles. The van der Waals surface area contributed by atoms with Crippen LogP contribution in [0.15, 0.2) is 12.3 Å². The molecule has 2 saturated heterocycles. The number of morpholine rings is 1. The van der Waals surface area contributed by atoms with Crippen molar-refractivity contribution < 1.29 is 22.7 Å². The summed E-state index contributed by atoms with van der Waals surface area (Å²) in [4.78, 5) is 23.1. The van der Waals surface area contributed by atoms with Crippen molar-refractivity contribution >= 4 is 11.9 Å². The first-order valence-corrected chi connectivity index (χ1v) is 7.51. The number of carbonyl (C=O) groups excluding carboxylic acids is 1. The van der Waals surface area contributed by atoms with Crippen LogP contribution in [0, 0.1) is 0 Å². The largest absolute Gasteiger partial charge is 0.433 e. The van der Waals surface area contributed by atoms with Crippen LogP contribution in [0.1, 0.15) is 18.5 Å². The minimum atomic E-state index is -4.52. The van der Waals surface area contributed by atoms with Gasteiger partial charge in [-0.3, -0.25) is 4.79 Å². The zero-order valence-electron chi connectivity index (χ0n) is 12.4. The van der Waals surface area contributed by atoms with E-state index in [0.29, 0.717) is 19.6 Å². The number of carbonyl (C=O) groups is 1. The van der Waals surface area contributed by atoms with Crippen molar-refractivity contribution in [1.29, 1.82) is 0 Å². The van der Waals surface area contributed by atoms with Gasteiger partial charge in [-0.2, -0.15) is 13.2 Å². The van der Waals surface area contributed by atoms with Gasteiger partial charge >= 0.3 is 6.18 Å². The lowest BCUT2D eigenvalue weighted by atomic mass is 10.2. The Hall–Kier alpha value is -1.90. The summed E-state index contributed by atoms with van der Waals surface area (Å²) < 4.78 is 43.7. The quantitative estimate of drug-likeness (QED) is 0.819. The second kappa shape index (κ2) is 6.31. The van der Waals surface area contributed by atoms with Crippen LogP contribution in [0.3, 0.4) is 0 Å². The van der Waals surface area contributed by atoms with Crippen LogP contribution in [-0.2, 0) is 15.7 Å². The number of alkyl halides is 3. The Balaban J connectivity index is 1.72. The van der Waals surface area contributed by atoms with Gasteiger partial charge in [0.25, 0.3) is 5.91 Å². The average Bonchev–Trinajstić information content (AvgIpc) is 3.08. The molecule has 1 aromatic heterocycles. The van der Waals surface area contributed by atoms with E-state index in [4.69, 9.17) is 4.74 Å². The summed E-state index contributed by atoms with van der Waals surface area (Å²) in [5.74, 6) is -0.137. The van der Waals surface area contributed by atoms with E-state index in [1.54, 1.807) is 9.80 Å². The van der Waals surface area contributed by atoms with E-state index in [1.807, 2.05) is 0 Å². The number of nitrogens with zero attached hydrogens (tertiary/aromatic N) is 4. The van der Waals surface area contributed by atoms with Crippen LogP contribution < -0.4 is 4.90 Å². The second-order valence-corrected chi connectivity index (χ2v) is 5.58. The highest BCUT2D eigenvalue weighted by Crippen LogP contribution is 2.28. The van der Waals surface area contributed by atoms with Gasteiger partial charge in [-0.15, -0.1) is 0 Å². The van der Waals surface area contributed by atoms with Crippen molar-refractivity contribution in [2.75, 3.05) is 37.7 Å². The highest BCUT2D eigenvalue weighted by Gasteiger charge is 2.35. The smallest absolute Gasteiger partial charge is 0.365 e. The Morgan fingerprint density at radius 1 is 1.26 bits per heavy atom. The van der Waals surface area contributed by atoms with Crippen molar-refractivity contribution in [2.45, 2.75) is 25.1 Å². The van der Waals surface area contributed by atoms with Gasteiger partial charge in [-0.05, 0) is 18.9 Å². The number of amides is 1. The monoisotopic (exact) mass is 330 g/mol. The number of aromatic nitrogens is 2. The van der Waals surface area contributed by atoms with E-state index in [1.165, 1.54) is 0 Å². The molecule has 0 radical (unpaired) electrons. The predicted octanol–water partition coefficient (Wildman–Crippen LogP) is 1.32. The molecule has 9 heteroatoms. The van der Waals surface area contributed by atoms with Crippen molar-refractivity contribution in [2.24, 2.45) is 0 Å². The molecular weight excluding hydrogens is 313 g/mol. The summed E-state index contributed by atoms with van der Waals surface area (Å²) >= 11 is 0. The molecule has 6 nitrogen and oxygen atoms in total. The lowest BCUT2D eigenvalue weighted by Crippen LogP contribution is -2.51. The first-order chi connectivity index (χ1) is 10.9. The van der Waals surface area contributed by atoms with Crippen molar-refractivity contribution in [3.63, 3.8) is 0 Å². The van der Waals surface area contributed by atoms with Crippen LogP contribution in [0.5, 0.6) is 0 Å². The van der Waals surface area contributed by atoms with Crippen molar-refractivity contribution in [1.82, 2.24) is 14.9 Å². The maximum absolute atomic E-state index is 12.8. The van der Waals surface area contributed by atoms with Crippen LogP contribution in [-0.4, -0.2) is 59.7 Å². The van der Waals surface area contributed by atoms with E-state index >= 15 is 0 Å². The molecule has 1 atom stereocenters. The Morgan fingerprint density at radius 2 is 2.00 bits per heavy atom. The molecule has 2 aliphatic rings. The summed E-state index contributed by atoms with van der Waals surface area (Å²) in [6.45, 7) is 2.18. The Labute approximate surface area is 131 Å². The molecule has 3 heterocycles. The summed E-state index contributed by atoms with van der Waals surface area (Å²) in [5, 5.41) is 0. The number of ether oxygens (including phenoxy) is 1. The predicted molar refractivity (Wildman–Crippen MR) is 74.8 cm³/mol. The number of hydrogen-bond acceptors (Lipinski definition) is 5. The molecular formula is C14H17F3N4O2. The maximum atomic E-state index is 12.8. The highest BCUT2D eigenvalue weighted by atomic mass is 19.4. The molecule has 0 bridgehead atoms. The number of anilines is 1. The Morgan fingerprint density at radius 3 is 2.70 bits per heavy atom. The van der Waals surface area contributed by atoms with Gasteiger partial charge in [0.2, 0.25) is 5.95 Å². The molecule has 1 unspecified atom stereocenters. The van der Waals surface area contributed by atoms with Gasteiger partial charge in [0.05, 0.1) is 13.2 Å². The fourth-order valence-corrected chi connectivity index (χ4v) is 2.78. The van der Waals surface area contributed by atoms with Gasteiger partial charge in [0.1, 0.15) is 5.69 Å². The Kier molecular flexibility index (Phi) is 4.38. The first-order valence-electron chi connectivity index (χ1n) is 7.51. The number of rotatable bonds is 2.